The van der Waals surface area contributed by atoms with Gasteiger partial charge < -0.3 is 4.42 Å². The van der Waals surface area contributed by atoms with Crippen LogP contribution in [0.5, 0.6) is 0 Å². The van der Waals surface area contributed by atoms with Gasteiger partial charge in [-0.25, -0.2) is 15.0 Å². The van der Waals surface area contributed by atoms with Crippen LogP contribution in [0.25, 0.3) is 110 Å². The first kappa shape index (κ1) is 13.8. The third-order valence-electron chi connectivity index (χ3n) is 8.26. The number of nitrogens with zero attached hydrogens (tertiary/aromatic N) is 3. The Morgan fingerprint density at radius 1 is 0.357 bits per heavy atom. The highest BCUT2D eigenvalue weighted by Crippen LogP contribution is 2.44. The highest BCUT2D eigenvalue weighted by Gasteiger charge is 2.18. The molecule has 11 aromatic rings. The summed E-state index contributed by atoms with van der Waals surface area (Å²) in [5, 5.41) is -1.76. The van der Waals surface area contributed by atoms with Gasteiger partial charge in [0, 0.05) is 47.6 Å². The molecule has 0 N–H and O–H groups in total. The van der Waals surface area contributed by atoms with Crippen LogP contribution >= 0.6 is 11.3 Å². The van der Waals surface area contributed by atoms with Gasteiger partial charge in [0.1, 0.15) is 11.2 Å². The molecule has 262 valence electrons. The summed E-state index contributed by atoms with van der Waals surface area (Å²) in [5.41, 5.74) is -7.97. The summed E-state index contributed by atoms with van der Waals surface area (Å²) >= 11 is 0.604. The van der Waals surface area contributed by atoms with Crippen LogP contribution in [0.3, 0.4) is 0 Å². The van der Waals surface area contributed by atoms with Crippen molar-refractivity contribution in [2.75, 3.05) is 0 Å². The Labute approximate surface area is 370 Å². The van der Waals surface area contributed by atoms with E-state index in [4.69, 9.17) is 33.2 Å². The van der Waals surface area contributed by atoms with E-state index in [2.05, 4.69) is 15.0 Å². The maximum Gasteiger partial charge on any atom is 0.164 e. The van der Waals surface area contributed by atoms with Crippen LogP contribution in [0.1, 0.15) is 42.5 Å². The zero-order valence-electron chi connectivity index (χ0n) is 58.7. The Balaban J connectivity index is 1.24. The molecule has 5 heteroatoms. The van der Waals surface area contributed by atoms with E-state index >= 15 is 0 Å². The average molecular weight is 765 g/mol. The summed E-state index contributed by atoms with van der Waals surface area (Å²) in [5.74, 6) is -2.63. The van der Waals surface area contributed by atoms with E-state index < -0.39 is 277 Å². The number of hydrogen-bond acceptors (Lipinski definition) is 5. The maximum absolute atomic E-state index is 9.79. The molecule has 0 saturated heterocycles. The minimum atomic E-state index is -1.03. The largest absolute Gasteiger partial charge is 0.456 e. The lowest BCUT2D eigenvalue weighted by molar-refractivity contribution is 0.669. The van der Waals surface area contributed by atoms with Gasteiger partial charge in [0.05, 0.1) is 42.5 Å². The number of rotatable bonds is 6. The van der Waals surface area contributed by atoms with Gasteiger partial charge in [0.2, 0.25) is 0 Å². The van der Waals surface area contributed by atoms with Crippen molar-refractivity contribution in [3.8, 4) is 67.5 Å². The van der Waals surface area contributed by atoms with Gasteiger partial charge in [-0.15, -0.1) is 11.3 Å². The van der Waals surface area contributed by atoms with Crippen molar-refractivity contribution < 1.29 is 46.9 Å². The summed E-state index contributed by atoms with van der Waals surface area (Å²) in [7, 11) is 0. The van der Waals surface area contributed by atoms with Gasteiger partial charge in [0.25, 0.3) is 0 Å². The molecule has 0 radical (unpaired) electrons. The SMILES string of the molecule is [2H]c1c([2H])c([2H])c(-c2nc(-c3c([2H])c([2H])c(-c4c([2H])c([2H])c([2H])c([2H])c4[2H])c([2H])c3[2H])nc(-c3c([2H])c([2H])c4c(oc5c([2H])c(-c6c([2H])c(-c7c([2H])c([2H])c([2H])c([2H])c7[2H])c([2H])c7sc8c([2H])c([2H])c([2H])c([2H])c8c67)c([2H])c([2H])c54)c3[2H])n2)c([2H])c1[2H]. The minimum Gasteiger partial charge on any atom is -0.456 e. The first-order chi connectivity index (χ1) is 40.6. The van der Waals surface area contributed by atoms with E-state index in [1.165, 1.54) is 0 Å². The quantitative estimate of drug-likeness (QED) is 0.169. The van der Waals surface area contributed by atoms with E-state index in [9.17, 15) is 13.7 Å². The minimum absolute atomic E-state index is 0.190. The van der Waals surface area contributed by atoms with Crippen LogP contribution in [0, 0.1) is 0 Å². The van der Waals surface area contributed by atoms with Gasteiger partial charge in [-0.2, -0.15) is 0 Å². The second-order valence-electron chi connectivity index (χ2n) is 11.6. The molecule has 0 aliphatic carbocycles. The maximum atomic E-state index is 9.79. The molecule has 0 aliphatic rings. The summed E-state index contributed by atoms with van der Waals surface area (Å²) in [4.78, 5) is 12.9. The Morgan fingerprint density at radius 3 is 1.48 bits per heavy atom. The van der Waals surface area contributed by atoms with Crippen LogP contribution in [0.2, 0.25) is 0 Å². The fourth-order valence-electron chi connectivity index (χ4n) is 5.79. The molecule has 0 amide bonds. The fraction of sp³-hybridized carbons (Fsp3) is 0. The predicted octanol–water partition coefficient (Wildman–Crippen LogP) is 14.1. The molecule has 4 nitrogen and oxygen atoms in total. The number of benzene rings is 8. The lowest BCUT2D eigenvalue weighted by Crippen LogP contribution is -2.00. The van der Waals surface area contributed by atoms with Gasteiger partial charge in [-0.05, 0) is 75.7 Å². The van der Waals surface area contributed by atoms with Gasteiger partial charge in [-0.3, -0.25) is 0 Å². The summed E-state index contributed by atoms with van der Waals surface area (Å²) < 4.78 is 281. The molecule has 11 rings (SSSR count). The van der Waals surface area contributed by atoms with Crippen molar-refractivity contribution in [2.45, 2.75) is 0 Å². The Hall–Kier alpha value is -7.21. The first-order valence-electron chi connectivity index (χ1n) is 31.7. The van der Waals surface area contributed by atoms with Crippen LogP contribution in [0.4, 0.5) is 0 Å². The number of thiophene rings is 1. The molecule has 0 atom stereocenters. The molecule has 0 spiro atoms. The molecule has 0 aliphatic heterocycles. The van der Waals surface area contributed by atoms with E-state index in [0.717, 1.165) is 0 Å². The molecule has 0 fully saturated rings. The number of fused-ring (bicyclic) bond motifs is 6. The van der Waals surface area contributed by atoms with Crippen molar-refractivity contribution in [1.82, 2.24) is 15.0 Å². The highest BCUT2D eigenvalue weighted by molar-refractivity contribution is 7.26. The Bertz CT molecular complexity index is 4960. The average Bonchev–Trinajstić information content (AvgIpc) is 1.64. The van der Waals surface area contributed by atoms with Crippen molar-refractivity contribution in [3.05, 3.63) is 187 Å². The summed E-state index contributed by atoms with van der Waals surface area (Å²) in [6.45, 7) is 0. The third kappa shape index (κ3) is 5.65. The van der Waals surface area contributed by atoms with Crippen molar-refractivity contribution in [3.63, 3.8) is 0 Å². The standard InChI is InChI=1S/C51H31N3OS/c1-4-12-32(13-5-1)34-20-22-36(23-21-34)50-52-49(35-16-8-3-9-17-35)53-51(54-50)38-25-27-41-40-26-24-37(29-44(40)55-45(41)30-38)43-28-39(33-14-6-2-7-15-33)31-47-48(43)42-18-10-11-19-46(42)56-47/h1-31H/i1D,2D,3D,4D,5D,6D,7D,8D,9D,10D,11D,12D,13D,14D,15D,16D,17D,18D,19D,20D,21D,22D,23D,24D,25D,26D,27D,28D,29D,30D,31D. The highest BCUT2D eigenvalue weighted by atomic mass is 32.1. The molecule has 0 saturated carbocycles. The van der Waals surface area contributed by atoms with Gasteiger partial charge in [0.15, 0.2) is 17.5 Å². The van der Waals surface area contributed by atoms with E-state index in [0.29, 0.717) is 11.3 Å². The monoisotopic (exact) mass is 764 g/mol. The molecular weight excluding hydrogens is 703 g/mol. The normalized spacial score (nSPS) is 19.3. The zero-order valence-corrected chi connectivity index (χ0v) is 28.5. The van der Waals surface area contributed by atoms with Gasteiger partial charge in [-0.1, -0.05) is 145 Å². The van der Waals surface area contributed by atoms with Crippen molar-refractivity contribution in [2.24, 2.45) is 0 Å². The molecule has 3 aromatic heterocycles. The first-order valence-corrected chi connectivity index (χ1v) is 17.0. The molecule has 56 heavy (non-hydrogen) atoms. The summed E-state index contributed by atoms with van der Waals surface area (Å²) in [6.07, 6.45) is 0. The molecule has 8 aromatic carbocycles. The smallest absolute Gasteiger partial charge is 0.164 e. The van der Waals surface area contributed by atoms with Crippen LogP contribution < -0.4 is 0 Å². The number of hydrogen-bond donors (Lipinski definition) is 0. The zero-order chi connectivity index (χ0) is 64.0. The molecule has 0 bridgehead atoms. The van der Waals surface area contributed by atoms with Crippen LogP contribution in [0.15, 0.2) is 192 Å². The Kier molecular flexibility index (Phi) is 3.28. The molecule has 3 heterocycles. The van der Waals surface area contributed by atoms with E-state index in [1.807, 2.05) is 0 Å². The van der Waals surface area contributed by atoms with Gasteiger partial charge >= 0.3 is 0 Å². The van der Waals surface area contributed by atoms with Crippen LogP contribution in [-0.4, -0.2) is 15.0 Å². The predicted molar refractivity (Wildman–Crippen MR) is 233 cm³/mol. The third-order valence-corrected chi connectivity index (χ3v) is 9.28. The van der Waals surface area contributed by atoms with Crippen molar-refractivity contribution >= 4 is 53.4 Å². The molecule has 0 unspecified atom stereocenters. The van der Waals surface area contributed by atoms with E-state index in [-0.39, 0.29) is 20.2 Å². The number of aromatic nitrogens is 3. The lowest BCUT2D eigenvalue weighted by atomic mass is 9.94. The van der Waals surface area contributed by atoms with E-state index in [1.54, 1.807) is 0 Å². The van der Waals surface area contributed by atoms with Crippen molar-refractivity contribution in [1.29, 1.82) is 0 Å². The fourth-order valence-corrected chi connectivity index (χ4v) is 6.81. The second-order valence-corrected chi connectivity index (χ2v) is 12.6. The second kappa shape index (κ2) is 13.3. The summed E-state index contributed by atoms with van der Waals surface area (Å²) in [6, 6.07) is -27.3. The number of furan rings is 1. The lowest BCUT2D eigenvalue weighted by Gasteiger charge is -2.10. The Morgan fingerprint density at radius 2 is 0.821 bits per heavy atom. The van der Waals surface area contributed by atoms with Crippen LogP contribution in [-0.2, 0) is 0 Å². The topological polar surface area (TPSA) is 51.8 Å². The molecular formula is C51H31N3OS.